The number of rotatable bonds is 4. The van der Waals surface area contributed by atoms with E-state index < -0.39 is 4.92 Å². The lowest BCUT2D eigenvalue weighted by molar-refractivity contribution is -0.380. The Balaban J connectivity index is 2.01. The van der Waals surface area contributed by atoms with Gasteiger partial charge in [-0.25, -0.2) is 4.68 Å². The molecule has 0 N–H and O–H groups in total. The second kappa shape index (κ2) is 6.18. The van der Waals surface area contributed by atoms with Gasteiger partial charge in [-0.3, -0.25) is 15.1 Å². The van der Waals surface area contributed by atoms with E-state index in [-0.39, 0.29) is 5.00 Å². The lowest BCUT2D eigenvalue weighted by atomic mass is 10.3. The average Bonchev–Trinajstić information content (AvgIpc) is 3.13. The van der Waals surface area contributed by atoms with Crippen LogP contribution in [0, 0.1) is 14.9 Å². The van der Waals surface area contributed by atoms with Gasteiger partial charge in [0.1, 0.15) is 5.69 Å². The molecule has 0 amide bonds. The van der Waals surface area contributed by atoms with E-state index in [9.17, 15) is 10.1 Å². The molecule has 0 fully saturated rings. The fourth-order valence-corrected chi connectivity index (χ4v) is 2.70. The minimum atomic E-state index is -0.433. The fraction of sp³-hybridized carbons (Fsp3) is 0.0769. The molecule has 23 heavy (non-hydrogen) atoms. The summed E-state index contributed by atoms with van der Waals surface area (Å²) in [7, 11) is 1.72. The van der Waals surface area contributed by atoms with Gasteiger partial charge >= 0.3 is 5.00 Å². The lowest BCUT2D eigenvalue weighted by Gasteiger charge is -1.98. The summed E-state index contributed by atoms with van der Waals surface area (Å²) in [4.78, 5) is 15.2. The molecule has 3 heterocycles. The summed E-state index contributed by atoms with van der Waals surface area (Å²) in [6.45, 7) is 0. The average molecular weight is 346 g/mol. The number of hydrogen-bond donors (Lipinski definition) is 0. The van der Waals surface area contributed by atoms with Gasteiger partial charge in [-0.05, 0) is 30.4 Å². The molecular weight excluding hydrogens is 336 g/mol. The fourth-order valence-electron chi connectivity index (χ4n) is 1.84. The normalized spacial score (nSPS) is 11.2. The predicted octanol–water partition coefficient (Wildman–Crippen LogP) is 2.86. The Morgan fingerprint density at radius 2 is 2.22 bits per heavy atom. The van der Waals surface area contributed by atoms with Crippen molar-refractivity contribution >= 4 is 34.8 Å². The molecule has 0 aliphatic rings. The van der Waals surface area contributed by atoms with Crippen molar-refractivity contribution in [2.75, 3.05) is 0 Å². The zero-order chi connectivity index (χ0) is 16.4. The van der Waals surface area contributed by atoms with Crippen LogP contribution in [-0.4, -0.2) is 30.6 Å². The highest BCUT2D eigenvalue weighted by Gasteiger charge is 2.12. The smallest absolute Gasteiger partial charge is 0.258 e. The van der Waals surface area contributed by atoms with Crippen LogP contribution in [0.15, 0.2) is 41.6 Å². The number of hydrogen-bond acceptors (Lipinski definition) is 7. The molecule has 0 aliphatic heterocycles. The molecule has 0 saturated heterocycles. The first kappa shape index (κ1) is 15.2. The van der Waals surface area contributed by atoms with Crippen molar-refractivity contribution in [3.63, 3.8) is 0 Å². The number of aryl methyl sites for hydroxylation is 1. The van der Waals surface area contributed by atoms with Crippen molar-refractivity contribution in [3.05, 3.63) is 56.3 Å². The van der Waals surface area contributed by atoms with Crippen molar-refractivity contribution in [2.45, 2.75) is 0 Å². The Labute approximate surface area is 139 Å². The number of thiophene rings is 1. The summed E-state index contributed by atoms with van der Waals surface area (Å²) in [5.74, 6) is 0.500. The third-order valence-electron chi connectivity index (χ3n) is 2.89. The molecular formula is C13H10N6O2S2. The van der Waals surface area contributed by atoms with Gasteiger partial charge in [0.15, 0.2) is 0 Å². The molecule has 10 heteroatoms. The first-order chi connectivity index (χ1) is 11.1. The summed E-state index contributed by atoms with van der Waals surface area (Å²) >= 11 is 6.33. The zero-order valence-electron chi connectivity index (χ0n) is 11.9. The molecule has 0 aliphatic carbocycles. The number of nitrogens with zero attached hydrogens (tertiary/aromatic N) is 6. The van der Waals surface area contributed by atoms with Gasteiger partial charge < -0.3 is 0 Å². The standard InChI is InChI=1S/C13H10N6O2S2/c1-17-13(22)18(12(16-17)10-4-2-3-7-14-10)15-8-9-5-6-11(23-9)19(20)21/h2-8H,1H3/b15-8+. The summed E-state index contributed by atoms with van der Waals surface area (Å²) in [6.07, 6.45) is 3.17. The summed E-state index contributed by atoms with van der Waals surface area (Å²) in [6, 6.07) is 8.52. The number of pyridine rings is 1. The Hall–Kier alpha value is -2.72. The summed E-state index contributed by atoms with van der Waals surface area (Å²) in [5, 5.41) is 19.4. The molecule has 0 spiro atoms. The summed E-state index contributed by atoms with van der Waals surface area (Å²) in [5.41, 5.74) is 0.633. The monoisotopic (exact) mass is 346 g/mol. The molecule has 0 aromatic carbocycles. The first-order valence-corrected chi connectivity index (χ1v) is 7.65. The maximum atomic E-state index is 10.7. The second-order valence-electron chi connectivity index (χ2n) is 4.43. The van der Waals surface area contributed by atoms with Crippen LogP contribution >= 0.6 is 23.6 Å². The van der Waals surface area contributed by atoms with Crippen molar-refractivity contribution in [1.82, 2.24) is 19.4 Å². The van der Waals surface area contributed by atoms with E-state index in [4.69, 9.17) is 12.2 Å². The second-order valence-corrected chi connectivity index (χ2v) is 5.89. The number of aromatic nitrogens is 4. The molecule has 3 aromatic heterocycles. The number of nitro groups is 1. The van der Waals surface area contributed by atoms with Crippen molar-refractivity contribution in [1.29, 1.82) is 0 Å². The van der Waals surface area contributed by atoms with Crippen LogP contribution in [0.1, 0.15) is 4.88 Å². The van der Waals surface area contributed by atoms with Gasteiger partial charge in [0.25, 0.3) is 0 Å². The van der Waals surface area contributed by atoms with Crippen LogP contribution in [0.3, 0.4) is 0 Å². The van der Waals surface area contributed by atoms with E-state index in [0.717, 1.165) is 11.3 Å². The van der Waals surface area contributed by atoms with Crippen LogP contribution in [0.25, 0.3) is 11.5 Å². The van der Waals surface area contributed by atoms with Crippen LogP contribution in [0.2, 0.25) is 0 Å². The maximum absolute atomic E-state index is 10.7. The molecule has 0 bridgehead atoms. The molecule has 0 unspecified atom stereocenters. The van der Waals surface area contributed by atoms with E-state index in [0.29, 0.717) is 21.2 Å². The minimum Gasteiger partial charge on any atom is -0.258 e. The largest absolute Gasteiger partial charge is 0.324 e. The van der Waals surface area contributed by atoms with Gasteiger partial charge in [0, 0.05) is 19.3 Å². The van der Waals surface area contributed by atoms with Crippen molar-refractivity contribution in [2.24, 2.45) is 12.1 Å². The topological polar surface area (TPSA) is 91.1 Å². The Morgan fingerprint density at radius 3 is 2.87 bits per heavy atom. The highest BCUT2D eigenvalue weighted by Crippen LogP contribution is 2.22. The van der Waals surface area contributed by atoms with E-state index in [1.165, 1.54) is 21.6 Å². The van der Waals surface area contributed by atoms with Crippen LogP contribution in [0.4, 0.5) is 5.00 Å². The highest BCUT2D eigenvalue weighted by atomic mass is 32.1. The van der Waals surface area contributed by atoms with E-state index in [2.05, 4.69) is 15.2 Å². The Kier molecular flexibility index (Phi) is 4.08. The van der Waals surface area contributed by atoms with Gasteiger partial charge in [-0.15, -0.1) is 5.10 Å². The van der Waals surface area contributed by atoms with E-state index >= 15 is 0 Å². The Bertz CT molecular complexity index is 941. The van der Waals surface area contributed by atoms with Gasteiger partial charge in [0.05, 0.1) is 16.0 Å². The van der Waals surface area contributed by atoms with E-state index in [1.54, 1.807) is 31.4 Å². The molecule has 116 valence electrons. The van der Waals surface area contributed by atoms with Crippen LogP contribution in [-0.2, 0) is 7.05 Å². The molecule has 3 rings (SSSR count). The van der Waals surface area contributed by atoms with Crippen LogP contribution in [0.5, 0.6) is 0 Å². The molecule has 0 radical (unpaired) electrons. The molecule has 0 atom stereocenters. The minimum absolute atomic E-state index is 0.0613. The van der Waals surface area contributed by atoms with E-state index in [1.807, 2.05) is 6.07 Å². The highest BCUT2D eigenvalue weighted by molar-refractivity contribution is 7.71. The predicted molar refractivity (Wildman–Crippen MR) is 89.2 cm³/mol. The molecule has 8 nitrogen and oxygen atoms in total. The Morgan fingerprint density at radius 1 is 1.39 bits per heavy atom. The zero-order valence-corrected chi connectivity index (χ0v) is 13.5. The first-order valence-electron chi connectivity index (χ1n) is 6.42. The maximum Gasteiger partial charge on any atom is 0.324 e. The van der Waals surface area contributed by atoms with Crippen molar-refractivity contribution in [3.8, 4) is 11.5 Å². The summed E-state index contributed by atoms with van der Waals surface area (Å²) < 4.78 is 3.39. The SMILES string of the molecule is Cn1nc(-c2ccccn2)n(/N=C/c2ccc([N+](=O)[O-])s2)c1=S. The van der Waals surface area contributed by atoms with Crippen molar-refractivity contribution < 1.29 is 4.92 Å². The van der Waals surface area contributed by atoms with Gasteiger partial charge in [0.2, 0.25) is 10.6 Å². The quantitative estimate of drug-likeness (QED) is 0.313. The van der Waals surface area contributed by atoms with Gasteiger partial charge in [-0.2, -0.15) is 9.78 Å². The molecule has 3 aromatic rings. The lowest BCUT2D eigenvalue weighted by Crippen LogP contribution is -1.95. The van der Waals surface area contributed by atoms with Gasteiger partial charge in [-0.1, -0.05) is 17.4 Å². The third-order valence-corrected chi connectivity index (χ3v) is 4.30. The third kappa shape index (κ3) is 3.07. The molecule has 0 saturated carbocycles. The van der Waals surface area contributed by atoms with Crippen LogP contribution < -0.4 is 0 Å².